The zero-order valence-electron chi connectivity index (χ0n) is 16.4. The van der Waals surface area contributed by atoms with E-state index in [1.165, 1.54) is 11.3 Å². The molecule has 1 aromatic heterocycles. The van der Waals surface area contributed by atoms with Crippen LogP contribution in [0.1, 0.15) is 46.2 Å². The van der Waals surface area contributed by atoms with Crippen molar-refractivity contribution in [2.45, 2.75) is 32.1 Å². The number of aryl methyl sites for hydroxylation is 1. The zero-order valence-corrected chi connectivity index (χ0v) is 17.2. The van der Waals surface area contributed by atoms with Crippen LogP contribution in [-0.2, 0) is 14.3 Å². The molecule has 0 radical (unpaired) electrons. The number of rotatable bonds is 8. The monoisotopic (exact) mass is 428 g/mol. The summed E-state index contributed by atoms with van der Waals surface area (Å²) >= 11 is 1.21. The lowest BCUT2D eigenvalue weighted by Crippen LogP contribution is -2.20. The molecule has 9 heteroatoms. The highest BCUT2D eigenvalue weighted by molar-refractivity contribution is 7.09. The van der Waals surface area contributed by atoms with Crippen LogP contribution in [0.2, 0.25) is 0 Å². The Bertz CT molecular complexity index is 994. The van der Waals surface area contributed by atoms with Crippen LogP contribution in [0.4, 0.5) is 0 Å². The van der Waals surface area contributed by atoms with Gasteiger partial charge in [0.05, 0.1) is 25.7 Å². The lowest BCUT2D eigenvalue weighted by atomic mass is 10.1. The molecule has 1 aliphatic heterocycles. The number of carbonyl (C=O) groups excluding carboxylic acids is 3. The van der Waals surface area contributed by atoms with Crippen molar-refractivity contribution in [3.8, 4) is 17.6 Å². The van der Waals surface area contributed by atoms with E-state index < -0.39 is 24.3 Å². The first-order chi connectivity index (χ1) is 14.5. The Kier molecular flexibility index (Phi) is 7.14. The number of carbonyl (C=O) groups is 3. The molecule has 0 saturated carbocycles. The minimum absolute atomic E-state index is 0.0694. The largest absolute Gasteiger partial charge is 0.490 e. The number of hydrogen-bond acceptors (Lipinski definition) is 9. The molecule has 0 spiro atoms. The Hall–Kier alpha value is -3.25. The first kappa shape index (κ1) is 21.5. The molecule has 2 heterocycles. The number of nitrogens with zero attached hydrogens (tertiary/aromatic N) is 2. The van der Waals surface area contributed by atoms with Gasteiger partial charge >= 0.3 is 5.97 Å². The molecule has 2 aromatic rings. The highest BCUT2D eigenvalue weighted by Crippen LogP contribution is 2.31. The van der Waals surface area contributed by atoms with Crippen molar-refractivity contribution in [3.63, 3.8) is 0 Å². The third-order valence-electron chi connectivity index (χ3n) is 4.34. The summed E-state index contributed by atoms with van der Waals surface area (Å²) in [6.07, 6.45) is 0.519. The predicted molar refractivity (Wildman–Crippen MR) is 107 cm³/mol. The van der Waals surface area contributed by atoms with Gasteiger partial charge in [-0.25, -0.2) is 4.98 Å². The molecule has 1 atom stereocenters. The molecule has 0 fully saturated rings. The van der Waals surface area contributed by atoms with Gasteiger partial charge in [-0.3, -0.25) is 14.4 Å². The molecule has 1 aliphatic rings. The van der Waals surface area contributed by atoms with Crippen molar-refractivity contribution in [1.29, 1.82) is 5.26 Å². The van der Waals surface area contributed by atoms with Crippen molar-refractivity contribution >= 4 is 28.9 Å². The molecule has 0 amide bonds. The van der Waals surface area contributed by atoms with E-state index >= 15 is 0 Å². The maximum absolute atomic E-state index is 12.4. The number of Topliss-reactive ketones (excluding diaryl/α,β-unsaturated/α-hetero) is 2. The average molecular weight is 428 g/mol. The van der Waals surface area contributed by atoms with Crippen LogP contribution in [0.25, 0.3) is 0 Å². The van der Waals surface area contributed by atoms with Crippen LogP contribution < -0.4 is 9.47 Å². The standard InChI is InChI=1S/C21H20N2O6S/c1-13-12-30-21(23-13)15(10-22)17(25)11-29-20(26)6-4-16(24)14-3-5-18-19(9-14)28-8-2-7-27-18/h3,5,9,12,15H,2,4,6-8,11H2,1H3. The quantitative estimate of drug-likeness (QED) is 0.465. The topological polar surface area (TPSA) is 116 Å². The molecule has 30 heavy (non-hydrogen) atoms. The second kappa shape index (κ2) is 9.98. The van der Waals surface area contributed by atoms with Crippen LogP contribution in [0.3, 0.4) is 0 Å². The molecule has 0 bridgehead atoms. The van der Waals surface area contributed by atoms with E-state index in [9.17, 15) is 19.6 Å². The van der Waals surface area contributed by atoms with Gasteiger partial charge in [-0.1, -0.05) is 0 Å². The molecule has 0 N–H and O–H groups in total. The number of aromatic nitrogens is 1. The van der Waals surface area contributed by atoms with E-state index in [1.807, 2.05) is 6.07 Å². The number of fused-ring (bicyclic) bond motifs is 1. The van der Waals surface area contributed by atoms with Gasteiger partial charge in [-0.15, -0.1) is 11.3 Å². The second-order valence-corrected chi connectivity index (χ2v) is 7.54. The van der Waals surface area contributed by atoms with Crippen molar-refractivity contribution in [3.05, 3.63) is 39.8 Å². The van der Waals surface area contributed by atoms with Crippen LogP contribution in [0, 0.1) is 18.3 Å². The molecule has 1 unspecified atom stereocenters. The van der Waals surface area contributed by atoms with Crippen molar-refractivity contribution in [2.75, 3.05) is 19.8 Å². The molecule has 0 aliphatic carbocycles. The van der Waals surface area contributed by atoms with Gasteiger partial charge in [0.2, 0.25) is 0 Å². The van der Waals surface area contributed by atoms with E-state index in [4.69, 9.17) is 14.2 Å². The summed E-state index contributed by atoms with van der Waals surface area (Å²) in [7, 11) is 0. The van der Waals surface area contributed by atoms with Crippen LogP contribution in [-0.4, -0.2) is 42.3 Å². The number of esters is 1. The number of benzene rings is 1. The van der Waals surface area contributed by atoms with Gasteiger partial charge < -0.3 is 14.2 Å². The van der Waals surface area contributed by atoms with Gasteiger partial charge in [-0.05, 0) is 25.1 Å². The summed E-state index contributed by atoms with van der Waals surface area (Å²) < 4.78 is 16.0. The fourth-order valence-corrected chi connectivity index (χ4v) is 3.63. The second-order valence-electron chi connectivity index (χ2n) is 6.65. The molecular weight excluding hydrogens is 408 g/mol. The lowest BCUT2D eigenvalue weighted by molar-refractivity contribution is -0.148. The highest BCUT2D eigenvalue weighted by Gasteiger charge is 2.24. The lowest BCUT2D eigenvalue weighted by Gasteiger charge is -2.09. The van der Waals surface area contributed by atoms with Crippen LogP contribution in [0.5, 0.6) is 11.5 Å². The maximum Gasteiger partial charge on any atom is 0.306 e. The summed E-state index contributed by atoms with van der Waals surface area (Å²) in [4.78, 5) is 40.6. The van der Waals surface area contributed by atoms with Crippen LogP contribution in [0.15, 0.2) is 23.6 Å². The number of thiazole rings is 1. The Morgan fingerprint density at radius 3 is 2.70 bits per heavy atom. The van der Waals surface area contributed by atoms with E-state index in [0.29, 0.717) is 41.0 Å². The van der Waals surface area contributed by atoms with E-state index in [0.717, 1.165) is 6.42 Å². The van der Waals surface area contributed by atoms with Crippen molar-refractivity contribution < 1.29 is 28.6 Å². The van der Waals surface area contributed by atoms with Gasteiger partial charge in [0.25, 0.3) is 0 Å². The number of hydrogen-bond donors (Lipinski definition) is 0. The smallest absolute Gasteiger partial charge is 0.306 e. The summed E-state index contributed by atoms with van der Waals surface area (Å²) in [5, 5.41) is 11.3. The Morgan fingerprint density at radius 2 is 2.00 bits per heavy atom. The molecule has 0 saturated heterocycles. The molecular formula is C21H20N2O6S. The van der Waals surface area contributed by atoms with Gasteiger partial charge in [-0.2, -0.15) is 5.26 Å². The first-order valence-corrected chi connectivity index (χ1v) is 10.3. The SMILES string of the molecule is Cc1csc(C(C#N)C(=O)COC(=O)CCC(=O)c2ccc3c(c2)OCCCO3)n1. The van der Waals surface area contributed by atoms with Crippen molar-refractivity contribution in [1.82, 2.24) is 4.98 Å². The van der Waals surface area contributed by atoms with Crippen molar-refractivity contribution in [2.24, 2.45) is 0 Å². The summed E-state index contributed by atoms with van der Waals surface area (Å²) in [5.41, 5.74) is 1.13. The van der Waals surface area contributed by atoms with Gasteiger partial charge in [0.15, 0.2) is 35.6 Å². The summed E-state index contributed by atoms with van der Waals surface area (Å²) in [6, 6.07) is 6.79. The van der Waals surface area contributed by atoms with Gasteiger partial charge in [0, 0.05) is 29.5 Å². The Morgan fingerprint density at radius 1 is 1.23 bits per heavy atom. The fourth-order valence-electron chi connectivity index (χ4n) is 2.77. The predicted octanol–water partition coefficient (Wildman–Crippen LogP) is 3.00. The number of nitriles is 1. The minimum atomic E-state index is -1.07. The molecule has 1 aromatic carbocycles. The molecule has 156 valence electrons. The average Bonchev–Trinajstić information content (AvgIpc) is 3.02. The Balaban J connectivity index is 1.48. The third kappa shape index (κ3) is 5.42. The number of ketones is 2. The maximum atomic E-state index is 12.4. The summed E-state index contributed by atoms with van der Waals surface area (Å²) in [5.74, 6) is -1.45. The first-order valence-electron chi connectivity index (χ1n) is 9.40. The Labute approximate surface area is 177 Å². The van der Waals surface area contributed by atoms with Crippen LogP contribution >= 0.6 is 11.3 Å². The van der Waals surface area contributed by atoms with E-state index in [1.54, 1.807) is 30.5 Å². The highest BCUT2D eigenvalue weighted by atomic mass is 32.1. The molecule has 8 nitrogen and oxygen atoms in total. The van der Waals surface area contributed by atoms with Gasteiger partial charge in [0.1, 0.15) is 5.01 Å². The van der Waals surface area contributed by atoms with E-state index in [2.05, 4.69) is 4.98 Å². The normalized spacial score (nSPS) is 13.6. The third-order valence-corrected chi connectivity index (χ3v) is 5.36. The van der Waals surface area contributed by atoms with E-state index in [-0.39, 0.29) is 18.6 Å². The molecule has 3 rings (SSSR count). The number of ether oxygens (including phenoxy) is 3. The summed E-state index contributed by atoms with van der Waals surface area (Å²) in [6.45, 7) is 2.29. The fraction of sp³-hybridized carbons (Fsp3) is 0.381. The minimum Gasteiger partial charge on any atom is -0.490 e. The zero-order chi connectivity index (χ0) is 21.5.